The fourth-order valence-electron chi connectivity index (χ4n) is 1.21. The van der Waals surface area contributed by atoms with E-state index in [9.17, 15) is 4.79 Å². The zero-order chi connectivity index (χ0) is 11.1. The molecule has 0 aromatic rings. The second-order valence-corrected chi connectivity index (χ2v) is 4.37. The summed E-state index contributed by atoms with van der Waals surface area (Å²) in [5.74, 6) is 0.509. The van der Waals surface area contributed by atoms with Gasteiger partial charge in [-0.3, -0.25) is 4.79 Å². The summed E-state index contributed by atoms with van der Waals surface area (Å²) in [4.78, 5) is 11.7. The number of hydrogen-bond donors (Lipinski definition) is 2. The minimum Gasteiger partial charge on any atom is -0.392 e. The van der Waals surface area contributed by atoms with Crippen molar-refractivity contribution >= 4 is 23.1 Å². The number of carbonyl (C=O) groups is 1. The number of carbonyl (C=O) groups excluding carboxylic acids is 1. The van der Waals surface area contributed by atoms with Gasteiger partial charge in [-0.05, 0) is 18.8 Å². The Morgan fingerprint density at radius 3 is 2.43 bits per heavy atom. The third-order valence-electron chi connectivity index (χ3n) is 1.86. The van der Waals surface area contributed by atoms with Crippen LogP contribution >= 0.6 is 12.2 Å². The molecular weight excluding hydrogens is 196 g/mol. The number of nitrogens with two attached hydrogens (primary N) is 1. The fraction of sp³-hybridized carbons (Fsp3) is 0.800. The molecule has 0 aliphatic heterocycles. The maximum absolute atomic E-state index is 11.3. The Hall–Kier alpha value is -0.640. The van der Waals surface area contributed by atoms with E-state index < -0.39 is 0 Å². The van der Waals surface area contributed by atoms with Crippen molar-refractivity contribution in [1.29, 1.82) is 0 Å². The fourth-order valence-corrected chi connectivity index (χ4v) is 1.37. The van der Waals surface area contributed by atoms with Gasteiger partial charge in [-0.2, -0.15) is 0 Å². The molecule has 1 unspecified atom stereocenters. The van der Waals surface area contributed by atoms with Crippen LogP contribution in [0.15, 0.2) is 0 Å². The van der Waals surface area contributed by atoms with E-state index in [1.807, 2.05) is 6.92 Å². The van der Waals surface area contributed by atoms with Gasteiger partial charge in [0, 0.05) is 6.42 Å². The van der Waals surface area contributed by atoms with E-state index in [0.717, 1.165) is 12.8 Å². The molecule has 0 radical (unpaired) electrons. The minimum atomic E-state index is -0.149. The van der Waals surface area contributed by atoms with Crippen LogP contribution in [-0.4, -0.2) is 16.9 Å². The molecular formula is C10H20N2OS. The molecule has 0 aliphatic rings. The van der Waals surface area contributed by atoms with Gasteiger partial charge < -0.3 is 11.1 Å². The maximum Gasteiger partial charge on any atom is 0.220 e. The highest BCUT2D eigenvalue weighted by Gasteiger charge is 2.15. The Kier molecular flexibility index (Phi) is 6.45. The highest BCUT2D eigenvalue weighted by molar-refractivity contribution is 7.80. The summed E-state index contributed by atoms with van der Waals surface area (Å²) in [7, 11) is 0. The van der Waals surface area contributed by atoms with Crippen LogP contribution in [0.4, 0.5) is 0 Å². The smallest absolute Gasteiger partial charge is 0.220 e. The van der Waals surface area contributed by atoms with Crippen molar-refractivity contribution in [1.82, 2.24) is 5.32 Å². The lowest BCUT2D eigenvalue weighted by molar-refractivity contribution is -0.121. The van der Waals surface area contributed by atoms with Crippen molar-refractivity contribution in [3.63, 3.8) is 0 Å². The van der Waals surface area contributed by atoms with Crippen LogP contribution in [0, 0.1) is 5.92 Å². The Labute approximate surface area is 91.4 Å². The molecule has 0 bridgehead atoms. The van der Waals surface area contributed by atoms with Crippen LogP contribution < -0.4 is 11.1 Å². The zero-order valence-corrected chi connectivity index (χ0v) is 9.99. The summed E-state index contributed by atoms with van der Waals surface area (Å²) in [6, 6.07) is -0.149. The van der Waals surface area contributed by atoms with Crippen molar-refractivity contribution in [2.45, 2.75) is 46.1 Å². The van der Waals surface area contributed by atoms with Gasteiger partial charge in [0.1, 0.15) is 0 Å². The highest BCUT2D eigenvalue weighted by atomic mass is 32.1. The average Bonchev–Trinajstić information content (AvgIpc) is 2.02. The molecule has 0 aromatic carbocycles. The number of hydrogen-bond acceptors (Lipinski definition) is 2. The monoisotopic (exact) mass is 216 g/mol. The van der Waals surface area contributed by atoms with Crippen LogP contribution in [0.3, 0.4) is 0 Å². The summed E-state index contributed by atoms with van der Waals surface area (Å²) >= 11 is 4.90. The second-order valence-electron chi connectivity index (χ2n) is 3.90. The summed E-state index contributed by atoms with van der Waals surface area (Å²) in [5, 5.41) is 2.84. The van der Waals surface area contributed by atoms with E-state index in [1.165, 1.54) is 0 Å². The van der Waals surface area contributed by atoms with Gasteiger partial charge in [-0.15, -0.1) is 0 Å². The van der Waals surface area contributed by atoms with Gasteiger partial charge in [0.15, 0.2) is 0 Å². The lowest BCUT2D eigenvalue weighted by atomic mass is 10.0. The number of thiocarbonyl (C=S) groups is 1. The quantitative estimate of drug-likeness (QED) is 0.663. The van der Waals surface area contributed by atoms with Crippen LogP contribution in [-0.2, 0) is 4.79 Å². The Balaban J connectivity index is 4.09. The largest absolute Gasteiger partial charge is 0.392 e. The molecule has 0 rings (SSSR count). The standard InChI is InChI=1S/C10H20N2OS/c1-4-5-9(13)12-8(10(11)14)6-7(2)3/h7-8H,4-6H2,1-3H3,(H2,11,14)(H,12,13). The van der Waals surface area contributed by atoms with Gasteiger partial charge in [0.25, 0.3) is 0 Å². The summed E-state index contributed by atoms with van der Waals surface area (Å²) in [6.07, 6.45) is 2.19. The normalized spacial score (nSPS) is 12.6. The molecule has 4 heteroatoms. The SMILES string of the molecule is CCCC(=O)NC(CC(C)C)C(N)=S. The van der Waals surface area contributed by atoms with Crippen molar-refractivity contribution < 1.29 is 4.79 Å². The first-order valence-electron chi connectivity index (χ1n) is 5.06. The number of rotatable bonds is 6. The van der Waals surface area contributed by atoms with E-state index in [0.29, 0.717) is 17.3 Å². The Morgan fingerprint density at radius 1 is 1.50 bits per heavy atom. The first-order valence-corrected chi connectivity index (χ1v) is 5.46. The van der Waals surface area contributed by atoms with Gasteiger partial charge in [0.05, 0.1) is 11.0 Å². The van der Waals surface area contributed by atoms with Crippen molar-refractivity contribution in [3.8, 4) is 0 Å². The second kappa shape index (κ2) is 6.76. The predicted molar refractivity (Wildman–Crippen MR) is 63.1 cm³/mol. The predicted octanol–water partition coefficient (Wildman–Crippen LogP) is 1.60. The number of amides is 1. The lowest BCUT2D eigenvalue weighted by Gasteiger charge is -2.19. The molecule has 1 atom stereocenters. The van der Waals surface area contributed by atoms with Gasteiger partial charge in [0.2, 0.25) is 5.91 Å². The van der Waals surface area contributed by atoms with E-state index >= 15 is 0 Å². The van der Waals surface area contributed by atoms with Crippen molar-refractivity contribution in [3.05, 3.63) is 0 Å². The first-order chi connectivity index (χ1) is 6.47. The lowest BCUT2D eigenvalue weighted by Crippen LogP contribution is -2.44. The van der Waals surface area contributed by atoms with Crippen LogP contribution in [0.1, 0.15) is 40.0 Å². The van der Waals surface area contributed by atoms with E-state index in [-0.39, 0.29) is 11.9 Å². The third kappa shape index (κ3) is 5.91. The molecule has 0 aliphatic carbocycles. The minimum absolute atomic E-state index is 0.0333. The number of nitrogens with one attached hydrogen (secondary N) is 1. The molecule has 0 saturated carbocycles. The Bertz CT molecular complexity index is 204. The van der Waals surface area contributed by atoms with Crippen LogP contribution in [0.5, 0.6) is 0 Å². The molecule has 0 fully saturated rings. The first kappa shape index (κ1) is 13.4. The molecule has 0 spiro atoms. The molecule has 3 nitrogen and oxygen atoms in total. The van der Waals surface area contributed by atoms with E-state index in [2.05, 4.69) is 19.2 Å². The molecule has 14 heavy (non-hydrogen) atoms. The highest BCUT2D eigenvalue weighted by Crippen LogP contribution is 2.05. The van der Waals surface area contributed by atoms with Crippen molar-refractivity contribution in [2.75, 3.05) is 0 Å². The maximum atomic E-state index is 11.3. The molecule has 0 aromatic heterocycles. The molecule has 3 N–H and O–H groups in total. The van der Waals surface area contributed by atoms with Gasteiger partial charge in [-0.25, -0.2) is 0 Å². The summed E-state index contributed by atoms with van der Waals surface area (Å²) < 4.78 is 0. The topological polar surface area (TPSA) is 55.1 Å². The molecule has 1 amide bonds. The van der Waals surface area contributed by atoms with Gasteiger partial charge >= 0.3 is 0 Å². The molecule has 0 saturated heterocycles. The average molecular weight is 216 g/mol. The van der Waals surface area contributed by atoms with E-state index in [1.54, 1.807) is 0 Å². The van der Waals surface area contributed by atoms with E-state index in [4.69, 9.17) is 18.0 Å². The molecule has 82 valence electrons. The van der Waals surface area contributed by atoms with Gasteiger partial charge in [-0.1, -0.05) is 33.0 Å². The summed E-state index contributed by atoms with van der Waals surface area (Å²) in [6.45, 7) is 6.13. The summed E-state index contributed by atoms with van der Waals surface area (Å²) in [5.41, 5.74) is 5.55. The van der Waals surface area contributed by atoms with Crippen LogP contribution in [0.25, 0.3) is 0 Å². The van der Waals surface area contributed by atoms with Crippen molar-refractivity contribution in [2.24, 2.45) is 11.7 Å². The zero-order valence-electron chi connectivity index (χ0n) is 9.17. The third-order valence-corrected chi connectivity index (χ3v) is 2.15. The van der Waals surface area contributed by atoms with Crippen LogP contribution in [0.2, 0.25) is 0 Å². The molecule has 0 heterocycles. The Morgan fingerprint density at radius 2 is 2.07 bits per heavy atom.